The Balaban J connectivity index is 1.54. The molecule has 2 aromatic heterocycles. The zero-order valence-corrected chi connectivity index (χ0v) is 13.6. The van der Waals surface area contributed by atoms with Crippen molar-refractivity contribution in [2.45, 2.75) is 25.3 Å². The number of nitrogens with zero attached hydrogens (tertiary/aromatic N) is 5. The quantitative estimate of drug-likeness (QED) is 0.718. The molecule has 2 aliphatic rings. The zero-order valence-electron chi connectivity index (χ0n) is 13.6. The standard InChI is InChI=1S/C15H21N7O2/c1-21-7-15(6-9(21)13(23)24)2-4-22(5-3-15)12-10-11(18-8-17-10)19-14(16)20-12/h8-9H,2-7H2,1H3,(H,23,24)(H3,16,17,18,19,20)/t9-/m1/s1. The number of H-pyrrole nitrogens is 1. The van der Waals surface area contributed by atoms with Crippen molar-refractivity contribution in [3.8, 4) is 0 Å². The van der Waals surface area contributed by atoms with E-state index in [9.17, 15) is 9.90 Å². The van der Waals surface area contributed by atoms with Crippen LogP contribution >= 0.6 is 0 Å². The highest BCUT2D eigenvalue weighted by Gasteiger charge is 2.47. The summed E-state index contributed by atoms with van der Waals surface area (Å²) in [5, 5.41) is 9.36. The molecule has 0 aliphatic carbocycles. The van der Waals surface area contributed by atoms with Crippen LogP contribution in [0.3, 0.4) is 0 Å². The number of anilines is 2. The number of piperidine rings is 1. The van der Waals surface area contributed by atoms with E-state index in [1.807, 2.05) is 11.9 Å². The van der Waals surface area contributed by atoms with Crippen molar-refractivity contribution in [1.29, 1.82) is 0 Å². The number of aliphatic carboxylic acids is 1. The first-order valence-corrected chi connectivity index (χ1v) is 8.12. The van der Waals surface area contributed by atoms with Crippen LogP contribution < -0.4 is 10.6 Å². The zero-order chi connectivity index (χ0) is 16.9. The second kappa shape index (κ2) is 5.30. The molecule has 0 bridgehead atoms. The molecule has 4 rings (SSSR count). The number of aromatic nitrogens is 4. The average Bonchev–Trinajstić information content (AvgIpc) is 3.12. The van der Waals surface area contributed by atoms with Gasteiger partial charge >= 0.3 is 5.97 Å². The van der Waals surface area contributed by atoms with Crippen molar-refractivity contribution < 1.29 is 9.90 Å². The maximum absolute atomic E-state index is 11.4. The van der Waals surface area contributed by atoms with E-state index in [4.69, 9.17) is 5.73 Å². The van der Waals surface area contributed by atoms with Crippen LogP contribution in [0.15, 0.2) is 6.33 Å². The van der Waals surface area contributed by atoms with Crippen LogP contribution in [0.4, 0.5) is 11.8 Å². The van der Waals surface area contributed by atoms with Crippen LogP contribution in [0.25, 0.3) is 11.2 Å². The van der Waals surface area contributed by atoms with Gasteiger partial charge in [0, 0.05) is 19.6 Å². The summed E-state index contributed by atoms with van der Waals surface area (Å²) >= 11 is 0. The Bertz CT molecular complexity index is 781. The lowest BCUT2D eigenvalue weighted by molar-refractivity contribution is -0.141. The summed E-state index contributed by atoms with van der Waals surface area (Å²) < 4.78 is 0. The van der Waals surface area contributed by atoms with E-state index in [0.717, 1.165) is 50.2 Å². The highest BCUT2D eigenvalue weighted by molar-refractivity contribution is 5.84. The molecule has 2 aliphatic heterocycles. The fourth-order valence-corrected chi connectivity index (χ4v) is 4.16. The van der Waals surface area contributed by atoms with Crippen LogP contribution in [0.2, 0.25) is 0 Å². The van der Waals surface area contributed by atoms with E-state index < -0.39 is 5.97 Å². The number of imidazole rings is 1. The first-order chi connectivity index (χ1) is 11.5. The molecule has 9 heteroatoms. The van der Waals surface area contributed by atoms with Gasteiger partial charge in [0.2, 0.25) is 5.95 Å². The molecule has 9 nitrogen and oxygen atoms in total. The Hall–Kier alpha value is -2.42. The van der Waals surface area contributed by atoms with Gasteiger partial charge in [-0.2, -0.15) is 9.97 Å². The minimum Gasteiger partial charge on any atom is -0.480 e. The predicted molar refractivity (Wildman–Crippen MR) is 88.6 cm³/mol. The van der Waals surface area contributed by atoms with Crippen molar-refractivity contribution in [3.63, 3.8) is 0 Å². The molecular formula is C15H21N7O2. The highest BCUT2D eigenvalue weighted by Crippen LogP contribution is 2.43. The number of carbonyl (C=O) groups is 1. The molecule has 2 saturated heterocycles. The smallest absolute Gasteiger partial charge is 0.320 e. The van der Waals surface area contributed by atoms with Gasteiger partial charge in [-0.3, -0.25) is 9.69 Å². The second-order valence-electron chi connectivity index (χ2n) is 6.97. The normalized spacial score (nSPS) is 24.0. The van der Waals surface area contributed by atoms with Gasteiger partial charge in [-0.05, 0) is 31.7 Å². The minimum atomic E-state index is -0.723. The van der Waals surface area contributed by atoms with Gasteiger partial charge in [0.15, 0.2) is 11.5 Å². The molecule has 1 spiro atoms. The van der Waals surface area contributed by atoms with Gasteiger partial charge in [0.25, 0.3) is 0 Å². The third-order valence-electron chi connectivity index (χ3n) is 5.44. The Labute approximate surface area is 138 Å². The average molecular weight is 331 g/mol. The second-order valence-corrected chi connectivity index (χ2v) is 6.97. The summed E-state index contributed by atoms with van der Waals surface area (Å²) in [6.07, 6.45) is 4.20. The maximum atomic E-state index is 11.4. The largest absolute Gasteiger partial charge is 0.480 e. The molecule has 4 N–H and O–H groups in total. The molecule has 2 fully saturated rings. The fourth-order valence-electron chi connectivity index (χ4n) is 4.16. The van der Waals surface area contributed by atoms with Gasteiger partial charge in [-0.15, -0.1) is 0 Å². The molecule has 1 atom stereocenters. The third kappa shape index (κ3) is 2.35. The van der Waals surface area contributed by atoms with Crippen LogP contribution in [0.5, 0.6) is 0 Å². The summed E-state index contributed by atoms with van der Waals surface area (Å²) in [4.78, 5) is 31.3. The van der Waals surface area contributed by atoms with Crippen molar-refractivity contribution in [1.82, 2.24) is 24.8 Å². The number of nitrogen functional groups attached to an aromatic ring is 1. The van der Waals surface area contributed by atoms with Crippen molar-refractivity contribution in [2.24, 2.45) is 5.41 Å². The number of likely N-dealkylation sites (N-methyl/N-ethyl adjacent to an activating group) is 1. The number of hydrogen-bond acceptors (Lipinski definition) is 7. The molecule has 24 heavy (non-hydrogen) atoms. The molecule has 0 aromatic carbocycles. The van der Waals surface area contributed by atoms with Gasteiger partial charge in [-0.1, -0.05) is 0 Å². The highest BCUT2D eigenvalue weighted by atomic mass is 16.4. The van der Waals surface area contributed by atoms with Crippen LogP contribution in [-0.2, 0) is 4.79 Å². The maximum Gasteiger partial charge on any atom is 0.320 e. The van der Waals surface area contributed by atoms with E-state index in [0.29, 0.717) is 5.65 Å². The number of aromatic amines is 1. The molecule has 0 radical (unpaired) electrons. The van der Waals surface area contributed by atoms with Crippen LogP contribution in [-0.4, -0.2) is 68.6 Å². The van der Waals surface area contributed by atoms with Gasteiger partial charge in [-0.25, -0.2) is 4.98 Å². The minimum absolute atomic E-state index is 0.0833. The Morgan fingerprint density at radius 2 is 2.17 bits per heavy atom. The molecular weight excluding hydrogens is 310 g/mol. The Morgan fingerprint density at radius 3 is 2.83 bits per heavy atom. The lowest BCUT2D eigenvalue weighted by Crippen LogP contribution is -2.41. The molecule has 0 amide bonds. The van der Waals surface area contributed by atoms with Crippen molar-refractivity contribution in [2.75, 3.05) is 37.3 Å². The van der Waals surface area contributed by atoms with E-state index >= 15 is 0 Å². The van der Waals surface area contributed by atoms with E-state index in [1.54, 1.807) is 6.33 Å². The van der Waals surface area contributed by atoms with E-state index in [2.05, 4.69) is 24.8 Å². The van der Waals surface area contributed by atoms with Gasteiger partial charge < -0.3 is 20.7 Å². The first-order valence-electron chi connectivity index (χ1n) is 8.12. The lowest BCUT2D eigenvalue weighted by atomic mass is 9.76. The topological polar surface area (TPSA) is 124 Å². The molecule has 4 heterocycles. The number of nitrogens with one attached hydrogen (secondary N) is 1. The van der Waals surface area contributed by atoms with Crippen molar-refractivity contribution >= 4 is 28.9 Å². The van der Waals surface area contributed by atoms with Crippen LogP contribution in [0.1, 0.15) is 19.3 Å². The lowest BCUT2D eigenvalue weighted by Gasteiger charge is -2.39. The summed E-state index contributed by atoms with van der Waals surface area (Å²) in [5.41, 5.74) is 7.26. The van der Waals surface area contributed by atoms with Gasteiger partial charge in [0.1, 0.15) is 11.6 Å². The Morgan fingerprint density at radius 1 is 1.42 bits per heavy atom. The van der Waals surface area contributed by atoms with Crippen LogP contribution in [0, 0.1) is 5.41 Å². The van der Waals surface area contributed by atoms with Gasteiger partial charge in [0.05, 0.1) is 6.33 Å². The summed E-state index contributed by atoms with van der Waals surface area (Å²) in [6, 6.07) is -0.370. The molecule has 2 aromatic rings. The van der Waals surface area contributed by atoms with E-state index in [1.165, 1.54) is 0 Å². The monoisotopic (exact) mass is 331 g/mol. The summed E-state index contributed by atoms with van der Waals surface area (Å²) in [7, 11) is 1.90. The fraction of sp³-hybridized carbons (Fsp3) is 0.600. The molecule has 128 valence electrons. The number of likely N-dealkylation sites (tertiary alicyclic amines) is 1. The first kappa shape index (κ1) is 15.1. The number of rotatable bonds is 2. The summed E-state index contributed by atoms with van der Waals surface area (Å²) in [5.74, 6) is 0.280. The predicted octanol–water partition coefficient (Wildman–Crippen LogP) is 0.310. The third-order valence-corrected chi connectivity index (χ3v) is 5.44. The number of nitrogens with two attached hydrogens (primary N) is 1. The number of carboxylic acids is 1. The number of hydrogen-bond donors (Lipinski definition) is 3. The molecule has 0 saturated carbocycles. The van der Waals surface area contributed by atoms with E-state index in [-0.39, 0.29) is 17.4 Å². The number of carboxylic acid groups (broad SMARTS) is 1. The SMILES string of the molecule is CN1CC2(CCN(c3nc(N)nc4nc[nH]c34)CC2)C[C@@H]1C(=O)O. The van der Waals surface area contributed by atoms with Crippen molar-refractivity contribution in [3.05, 3.63) is 6.33 Å². The molecule has 0 unspecified atom stereocenters. The number of fused-ring (bicyclic) bond motifs is 1. The summed E-state index contributed by atoms with van der Waals surface area (Å²) in [6.45, 7) is 2.48. The Kier molecular flexibility index (Phi) is 3.34.